The average molecular weight is 451 g/mol. The number of H-pyrrole nitrogens is 1. The lowest BCUT2D eigenvalue weighted by atomic mass is 10.0. The summed E-state index contributed by atoms with van der Waals surface area (Å²) in [4.78, 5) is 9.63. The Morgan fingerprint density at radius 2 is 1.71 bits per heavy atom. The number of aromatic nitrogens is 8. The number of aromatic amines is 1. The highest BCUT2D eigenvalue weighted by molar-refractivity contribution is 5.78. The van der Waals surface area contributed by atoms with Gasteiger partial charge in [-0.25, -0.2) is 14.8 Å². The molecule has 0 aliphatic rings. The van der Waals surface area contributed by atoms with E-state index < -0.39 is 0 Å². The molecule has 3 heterocycles. The molecule has 0 radical (unpaired) electrons. The van der Waals surface area contributed by atoms with Crippen LogP contribution in [0.5, 0.6) is 0 Å². The lowest BCUT2D eigenvalue weighted by molar-refractivity contribution is 0.617. The van der Waals surface area contributed by atoms with Gasteiger partial charge in [0.2, 0.25) is 0 Å². The Morgan fingerprint density at radius 1 is 0.912 bits per heavy atom. The van der Waals surface area contributed by atoms with E-state index in [0.29, 0.717) is 12.4 Å². The fourth-order valence-electron chi connectivity index (χ4n) is 4.00. The molecule has 2 aromatic carbocycles. The van der Waals surface area contributed by atoms with Crippen LogP contribution in [0.1, 0.15) is 36.7 Å². The normalized spacial score (nSPS) is 11.1. The first-order chi connectivity index (χ1) is 16.7. The predicted octanol–water partition coefficient (Wildman–Crippen LogP) is 4.89. The van der Waals surface area contributed by atoms with Crippen molar-refractivity contribution in [2.24, 2.45) is 0 Å². The zero-order valence-electron chi connectivity index (χ0n) is 19.3. The van der Waals surface area contributed by atoms with Crippen LogP contribution < -0.4 is 0 Å². The highest BCUT2D eigenvalue weighted by Crippen LogP contribution is 2.28. The Kier molecular flexibility index (Phi) is 6.20. The van der Waals surface area contributed by atoms with Gasteiger partial charge >= 0.3 is 0 Å². The van der Waals surface area contributed by atoms with Crippen molar-refractivity contribution < 1.29 is 0 Å². The molecule has 0 saturated heterocycles. The van der Waals surface area contributed by atoms with Crippen LogP contribution in [0.25, 0.3) is 34.0 Å². The Labute approximate surface area is 198 Å². The van der Waals surface area contributed by atoms with Crippen LogP contribution in [-0.2, 0) is 13.0 Å². The van der Waals surface area contributed by atoms with Gasteiger partial charge in [-0.1, -0.05) is 67.9 Å². The number of benzene rings is 2. The molecule has 8 heteroatoms. The van der Waals surface area contributed by atoms with Crippen molar-refractivity contribution in [2.45, 2.75) is 39.7 Å². The minimum absolute atomic E-state index is 0.619. The first-order valence-corrected chi connectivity index (χ1v) is 11.5. The summed E-state index contributed by atoms with van der Waals surface area (Å²) in [6.07, 6.45) is 5.00. The van der Waals surface area contributed by atoms with Crippen LogP contribution in [0.4, 0.5) is 0 Å². The molecule has 3 aromatic heterocycles. The van der Waals surface area contributed by atoms with Crippen molar-refractivity contribution in [1.29, 1.82) is 0 Å². The summed E-state index contributed by atoms with van der Waals surface area (Å²) in [6, 6.07) is 20.3. The third-order valence-electron chi connectivity index (χ3n) is 5.85. The Hall–Kier alpha value is -4.20. The molecule has 0 aliphatic carbocycles. The Morgan fingerprint density at radius 3 is 2.41 bits per heavy atom. The molecule has 170 valence electrons. The van der Waals surface area contributed by atoms with E-state index in [1.54, 1.807) is 0 Å². The van der Waals surface area contributed by atoms with Gasteiger partial charge in [0.1, 0.15) is 5.82 Å². The maximum atomic E-state index is 4.89. The fraction of sp³-hybridized carbons (Fsp3) is 0.231. The van der Waals surface area contributed by atoms with Gasteiger partial charge in [-0.3, -0.25) is 4.98 Å². The van der Waals surface area contributed by atoms with Gasteiger partial charge < -0.3 is 0 Å². The van der Waals surface area contributed by atoms with Crippen LogP contribution in [0, 0.1) is 6.92 Å². The molecule has 0 bridgehead atoms. The number of aryl methyl sites for hydroxylation is 2. The Balaban J connectivity index is 1.43. The van der Waals surface area contributed by atoms with Crippen LogP contribution in [0.2, 0.25) is 0 Å². The number of nitrogens with one attached hydrogen (secondary N) is 1. The average Bonchev–Trinajstić information content (AvgIpc) is 3.54. The molecule has 0 amide bonds. The summed E-state index contributed by atoms with van der Waals surface area (Å²) >= 11 is 0. The first kappa shape index (κ1) is 21.6. The number of rotatable bonds is 8. The molecular weight excluding hydrogens is 424 g/mol. The number of pyridine rings is 1. The molecule has 5 aromatic rings. The van der Waals surface area contributed by atoms with Crippen LogP contribution in [0.3, 0.4) is 0 Å². The predicted molar refractivity (Wildman–Crippen MR) is 131 cm³/mol. The largest absolute Gasteiger partial charge is 0.256 e. The van der Waals surface area contributed by atoms with Crippen LogP contribution >= 0.6 is 0 Å². The van der Waals surface area contributed by atoms with E-state index in [1.165, 1.54) is 5.56 Å². The van der Waals surface area contributed by atoms with Gasteiger partial charge in [0.25, 0.3) is 0 Å². The van der Waals surface area contributed by atoms with Crippen LogP contribution in [-0.4, -0.2) is 40.4 Å². The van der Waals surface area contributed by atoms with E-state index >= 15 is 0 Å². The zero-order valence-corrected chi connectivity index (χ0v) is 19.3. The fourth-order valence-corrected chi connectivity index (χ4v) is 4.00. The van der Waals surface area contributed by atoms with E-state index in [9.17, 15) is 0 Å². The van der Waals surface area contributed by atoms with Crippen molar-refractivity contribution in [3.8, 4) is 34.0 Å². The van der Waals surface area contributed by atoms with Gasteiger partial charge in [-0.15, -0.1) is 5.10 Å². The highest BCUT2D eigenvalue weighted by atomic mass is 15.5. The third-order valence-corrected chi connectivity index (χ3v) is 5.85. The molecule has 8 nitrogen and oxygen atoms in total. The Bertz CT molecular complexity index is 1370. The standard InChI is InChI=1S/C26H26N8/c1-3-4-13-24-28-25(20-10-6-5-9-18(20)2)31-34(24)17-19-14-15-23(27-16-19)21-11-7-8-12-22(21)26-29-32-33-30-26/h5-12,14-16H,3-4,13,17H2,1-2H3,(H,29,30,32,33). The van der Waals surface area contributed by atoms with Crippen molar-refractivity contribution in [1.82, 2.24) is 40.4 Å². The quantitative estimate of drug-likeness (QED) is 0.362. The van der Waals surface area contributed by atoms with Gasteiger partial charge in [0.15, 0.2) is 11.6 Å². The van der Waals surface area contributed by atoms with Crippen molar-refractivity contribution in [3.05, 3.63) is 83.8 Å². The molecule has 0 saturated carbocycles. The van der Waals surface area contributed by atoms with E-state index in [0.717, 1.165) is 58.9 Å². The van der Waals surface area contributed by atoms with E-state index in [4.69, 9.17) is 15.1 Å². The SMILES string of the molecule is CCCCc1nc(-c2ccccc2C)nn1Cc1ccc(-c2ccccc2-c2nnn[nH]2)nc1. The summed E-state index contributed by atoms with van der Waals surface area (Å²) in [6.45, 7) is 4.91. The van der Waals surface area contributed by atoms with E-state index in [1.807, 2.05) is 53.3 Å². The number of unbranched alkanes of at least 4 members (excludes halogenated alkanes) is 1. The van der Waals surface area contributed by atoms with E-state index in [-0.39, 0.29) is 0 Å². The third kappa shape index (κ3) is 4.47. The van der Waals surface area contributed by atoms with Crippen molar-refractivity contribution >= 4 is 0 Å². The maximum absolute atomic E-state index is 4.89. The molecule has 0 atom stereocenters. The second kappa shape index (κ2) is 9.74. The van der Waals surface area contributed by atoms with Gasteiger partial charge in [-0.2, -0.15) is 5.10 Å². The molecule has 1 N–H and O–H groups in total. The number of nitrogens with zero attached hydrogens (tertiary/aromatic N) is 7. The number of tetrazole rings is 1. The summed E-state index contributed by atoms with van der Waals surface area (Å²) in [5.41, 5.74) is 6.06. The summed E-state index contributed by atoms with van der Waals surface area (Å²) in [7, 11) is 0. The highest BCUT2D eigenvalue weighted by Gasteiger charge is 2.14. The maximum Gasteiger partial charge on any atom is 0.181 e. The van der Waals surface area contributed by atoms with E-state index in [2.05, 4.69) is 52.7 Å². The molecule has 5 rings (SSSR count). The van der Waals surface area contributed by atoms with Crippen molar-refractivity contribution in [2.75, 3.05) is 0 Å². The van der Waals surface area contributed by atoms with Gasteiger partial charge in [-0.05, 0) is 41.0 Å². The lowest BCUT2D eigenvalue weighted by Crippen LogP contribution is -2.07. The summed E-state index contributed by atoms with van der Waals surface area (Å²) in [5.74, 6) is 2.41. The first-order valence-electron chi connectivity index (χ1n) is 11.5. The molecule has 0 spiro atoms. The smallest absolute Gasteiger partial charge is 0.181 e. The van der Waals surface area contributed by atoms with Gasteiger partial charge in [0, 0.05) is 29.3 Å². The molecule has 0 unspecified atom stereocenters. The molecule has 34 heavy (non-hydrogen) atoms. The monoisotopic (exact) mass is 450 g/mol. The van der Waals surface area contributed by atoms with Crippen LogP contribution in [0.15, 0.2) is 66.9 Å². The van der Waals surface area contributed by atoms with Gasteiger partial charge in [0.05, 0.1) is 12.2 Å². The summed E-state index contributed by atoms with van der Waals surface area (Å²) < 4.78 is 2.02. The minimum Gasteiger partial charge on any atom is -0.256 e. The molecule has 0 aliphatic heterocycles. The minimum atomic E-state index is 0.619. The second-order valence-corrected chi connectivity index (χ2v) is 8.27. The molecule has 0 fully saturated rings. The second-order valence-electron chi connectivity index (χ2n) is 8.27. The van der Waals surface area contributed by atoms with Crippen molar-refractivity contribution in [3.63, 3.8) is 0 Å². The number of hydrogen-bond acceptors (Lipinski definition) is 6. The number of hydrogen-bond donors (Lipinski definition) is 1. The lowest BCUT2D eigenvalue weighted by Gasteiger charge is -2.09. The molecular formula is C26H26N8. The summed E-state index contributed by atoms with van der Waals surface area (Å²) in [5, 5.41) is 19.1. The topological polar surface area (TPSA) is 98.1 Å². The zero-order chi connectivity index (χ0) is 23.3.